The van der Waals surface area contributed by atoms with E-state index in [9.17, 15) is 27.6 Å². The lowest BCUT2D eigenvalue weighted by Crippen LogP contribution is -2.46. The van der Waals surface area contributed by atoms with E-state index in [1.165, 1.54) is 18.2 Å². The zero-order chi connectivity index (χ0) is 28.9. The van der Waals surface area contributed by atoms with Crippen LogP contribution in [0.5, 0.6) is 0 Å². The van der Waals surface area contributed by atoms with Gasteiger partial charge >= 0.3 is 0 Å². The van der Waals surface area contributed by atoms with Crippen molar-refractivity contribution < 1.29 is 27.6 Å². The molecule has 214 valence electrons. The number of benzene rings is 3. The van der Waals surface area contributed by atoms with Crippen molar-refractivity contribution in [3.05, 3.63) is 94.8 Å². The van der Waals surface area contributed by atoms with Gasteiger partial charge in [0.15, 0.2) is 0 Å². The standard InChI is InChI=1S/C30H30F3N5O3/c31-23-4-1-3-20(15-23)28(39)35-26-18-21(29(40)38-11-7-34-8-12-38)5-6-27(26)36-9-2-10-37(14-13-36)30(41)22-16-24(32)19-25(33)17-22/h1,3-6,15-19,34H,2,7-14H2,(H,35,39). The maximum atomic E-state index is 13.8. The van der Waals surface area contributed by atoms with Crippen LogP contribution in [0.1, 0.15) is 37.5 Å². The van der Waals surface area contributed by atoms with Crippen molar-refractivity contribution in [2.45, 2.75) is 6.42 Å². The van der Waals surface area contributed by atoms with Crippen molar-refractivity contribution in [1.82, 2.24) is 15.1 Å². The number of hydrogen-bond donors (Lipinski definition) is 2. The van der Waals surface area contributed by atoms with E-state index in [4.69, 9.17) is 0 Å². The van der Waals surface area contributed by atoms with Gasteiger partial charge in [-0.05, 0) is 55.0 Å². The predicted octanol–water partition coefficient (Wildman–Crippen LogP) is 3.75. The second kappa shape index (κ2) is 12.4. The Kier molecular flexibility index (Phi) is 8.53. The maximum absolute atomic E-state index is 13.8. The quantitative estimate of drug-likeness (QED) is 0.493. The molecule has 0 spiro atoms. The summed E-state index contributed by atoms with van der Waals surface area (Å²) >= 11 is 0. The molecule has 2 aliphatic rings. The lowest BCUT2D eigenvalue weighted by atomic mass is 10.1. The molecule has 11 heteroatoms. The van der Waals surface area contributed by atoms with Crippen molar-refractivity contribution >= 4 is 29.1 Å². The van der Waals surface area contributed by atoms with Crippen LogP contribution in [0, 0.1) is 17.5 Å². The summed E-state index contributed by atoms with van der Waals surface area (Å²) in [5.74, 6) is -3.35. The molecule has 2 aliphatic heterocycles. The monoisotopic (exact) mass is 565 g/mol. The van der Waals surface area contributed by atoms with Crippen LogP contribution in [0.3, 0.4) is 0 Å². The van der Waals surface area contributed by atoms with Gasteiger partial charge in [-0.15, -0.1) is 0 Å². The molecule has 0 saturated carbocycles. The van der Waals surface area contributed by atoms with Gasteiger partial charge in [-0.1, -0.05) is 6.07 Å². The van der Waals surface area contributed by atoms with Gasteiger partial charge in [0.05, 0.1) is 11.4 Å². The fraction of sp³-hybridized carbons (Fsp3) is 0.300. The molecule has 2 N–H and O–H groups in total. The Balaban J connectivity index is 1.39. The van der Waals surface area contributed by atoms with Crippen molar-refractivity contribution in [1.29, 1.82) is 0 Å². The molecule has 8 nitrogen and oxygen atoms in total. The van der Waals surface area contributed by atoms with Crippen molar-refractivity contribution in [3.8, 4) is 0 Å². The predicted molar refractivity (Wildman–Crippen MR) is 149 cm³/mol. The zero-order valence-corrected chi connectivity index (χ0v) is 22.3. The first-order valence-corrected chi connectivity index (χ1v) is 13.5. The maximum Gasteiger partial charge on any atom is 0.255 e. The Morgan fingerprint density at radius 1 is 0.659 bits per heavy atom. The number of carbonyl (C=O) groups is 3. The fourth-order valence-electron chi connectivity index (χ4n) is 5.14. The van der Waals surface area contributed by atoms with Gasteiger partial charge in [0.2, 0.25) is 0 Å². The number of halogens is 3. The molecule has 2 saturated heterocycles. The lowest BCUT2D eigenvalue weighted by molar-refractivity contribution is 0.0734. The van der Waals surface area contributed by atoms with Crippen LogP contribution in [0.2, 0.25) is 0 Å². The topological polar surface area (TPSA) is 85.0 Å². The molecule has 3 aromatic rings. The highest BCUT2D eigenvalue weighted by molar-refractivity contribution is 6.07. The lowest BCUT2D eigenvalue weighted by Gasteiger charge is -2.29. The van der Waals surface area contributed by atoms with E-state index < -0.39 is 29.3 Å². The second-order valence-electron chi connectivity index (χ2n) is 10.0. The minimum atomic E-state index is -0.820. The third-order valence-corrected chi connectivity index (χ3v) is 7.22. The Morgan fingerprint density at radius 3 is 2.07 bits per heavy atom. The average molecular weight is 566 g/mol. The molecule has 5 rings (SSSR count). The van der Waals surface area contributed by atoms with Crippen LogP contribution in [0.25, 0.3) is 0 Å². The molecular formula is C30H30F3N5O3. The number of piperazine rings is 1. The summed E-state index contributed by atoms with van der Waals surface area (Å²) in [6.45, 7) is 4.06. The van der Waals surface area contributed by atoms with Crippen LogP contribution in [0.4, 0.5) is 24.5 Å². The van der Waals surface area contributed by atoms with Gasteiger partial charge in [0.1, 0.15) is 17.5 Å². The van der Waals surface area contributed by atoms with E-state index in [1.807, 2.05) is 4.90 Å². The molecule has 3 amide bonds. The van der Waals surface area contributed by atoms with E-state index in [0.717, 1.165) is 24.3 Å². The molecule has 2 heterocycles. The summed E-state index contributed by atoms with van der Waals surface area (Å²) in [6.07, 6.45) is 0.558. The third-order valence-electron chi connectivity index (χ3n) is 7.22. The van der Waals surface area contributed by atoms with Crippen LogP contribution in [-0.4, -0.2) is 79.9 Å². The number of carbonyl (C=O) groups excluding carboxylic acids is 3. The summed E-state index contributed by atoms with van der Waals surface area (Å²) in [4.78, 5) is 44.6. The van der Waals surface area contributed by atoms with Gasteiger partial charge in [-0.3, -0.25) is 14.4 Å². The molecule has 0 radical (unpaired) electrons. The first-order chi connectivity index (χ1) is 19.8. The number of rotatable bonds is 5. The van der Waals surface area contributed by atoms with E-state index in [1.54, 1.807) is 28.0 Å². The Labute approximate surface area is 235 Å². The van der Waals surface area contributed by atoms with Crippen LogP contribution in [0.15, 0.2) is 60.7 Å². The first kappa shape index (κ1) is 28.2. The SMILES string of the molecule is O=C(Nc1cc(C(=O)N2CCNCC2)ccc1N1CCCN(C(=O)c2cc(F)cc(F)c2)CC1)c1cccc(F)c1. The fourth-order valence-corrected chi connectivity index (χ4v) is 5.14. The van der Waals surface area contributed by atoms with E-state index in [-0.39, 0.29) is 23.6 Å². The van der Waals surface area contributed by atoms with Crippen molar-refractivity contribution in [2.75, 3.05) is 62.6 Å². The summed E-state index contributed by atoms with van der Waals surface area (Å²) in [6, 6.07) is 13.2. The van der Waals surface area contributed by atoms with Crippen LogP contribution < -0.4 is 15.5 Å². The molecule has 0 bridgehead atoms. The van der Waals surface area contributed by atoms with Crippen molar-refractivity contribution in [2.24, 2.45) is 0 Å². The van der Waals surface area contributed by atoms with Gasteiger partial charge < -0.3 is 25.3 Å². The molecule has 3 aromatic carbocycles. The van der Waals surface area contributed by atoms with Crippen LogP contribution >= 0.6 is 0 Å². The zero-order valence-electron chi connectivity index (χ0n) is 22.3. The Bertz CT molecular complexity index is 1440. The van der Waals surface area contributed by atoms with Gasteiger partial charge in [0.25, 0.3) is 17.7 Å². The summed E-state index contributed by atoms with van der Waals surface area (Å²) in [5.41, 5.74) is 1.49. The summed E-state index contributed by atoms with van der Waals surface area (Å²) < 4.78 is 41.2. The van der Waals surface area contributed by atoms with Gasteiger partial charge in [-0.2, -0.15) is 0 Å². The average Bonchev–Trinajstić information content (AvgIpc) is 3.22. The molecule has 0 unspecified atom stereocenters. The van der Waals surface area contributed by atoms with Crippen LogP contribution in [-0.2, 0) is 0 Å². The van der Waals surface area contributed by atoms with Gasteiger partial charge in [0, 0.05) is 75.1 Å². The first-order valence-electron chi connectivity index (χ1n) is 13.5. The number of anilines is 2. The highest BCUT2D eigenvalue weighted by atomic mass is 19.1. The Morgan fingerprint density at radius 2 is 1.34 bits per heavy atom. The van der Waals surface area contributed by atoms with E-state index >= 15 is 0 Å². The summed E-state index contributed by atoms with van der Waals surface area (Å²) in [5, 5.41) is 6.06. The molecule has 0 aromatic heterocycles. The highest BCUT2D eigenvalue weighted by Crippen LogP contribution is 2.30. The van der Waals surface area contributed by atoms with Gasteiger partial charge in [-0.25, -0.2) is 13.2 Å². The highest BCUT2D eigenvalue weighted by Gasteiger charge is 2.25. The number of hydrogen-bond acceptors (Lipinski definition) is 5. The number of nitrogens with zero attached hydrogens (tertiary/aromatic N) is 3. The van der Waals surface area contributed by atoms with E-state index in [0.29, 0.717) is 69.2 Å². The smallest absolute Gasteiger partial charge is 0.255 e. The largest absolute Gasteiger partial charge is 0.368 e. The molecule has 2 fully saturated rings. The minimum absolute atomic E-state index is 0.0604. The summed E-state index contributed by atoms with van der Waals surface area (Å²) in [7, 11) is 0. The molecular weight excluding hydrogens is 535 g/mol. The second-order valence-corrected chi connectivity index (χ2v) is 10.0. The molecule has 41 heavy (non-hydrogen) atoms. The number of nitrogens with one attached hydrogen (secondary N) is 2. The minimum Gasteiger partial charge on any atom is -0.368 e. The van der Waals surface area contributed by atoms with Crippen molar-refractivity contribution in [3.63, 3.8) is 0 Å². The Hall–Kier alpha value is -4.38. The number of amides is 3. The third kappa shape index (κ3) is 6.68. The normalized spacial score (nSPS) is 15.8. The van der Waals surface area contributed by atoms with E-state index in [2.05, 4.69) is 10.6 Å². The molecule has 0 aliphatic carbocycles. The molecule has 0 atom stereocenters.